The molecule has 2 aliphatic heterocycles. The zero-order valence-corrected chi connectivity index (χ0v) is 18.2. The molecule has 7 heteroatoms. The quantitative estimate of drug-likeness (QED) is 0.510. The number of nitrogens with zero attached hydrogens (tertiary/aromatic N) is 3. The van der Waals surface area contributed by atoms with E-state index in [0.717, 1.165) is 43.9 Å². The summed E-state index contributed by atoms with van der Waals surface area (Å²) in [5.74, 6) is 0.889. The van der Waals surface area contributed by atoms with Gasteiger partial charge in [-0.25, -0.2) is 0 Å². The van der Waals surface area contributed by atoms with Gasteiger partial charge in [0.25, 0.3) is 5.69 Å². The van der Waals surface area contributed by atoms with Crippen LogP contribution < -0.4 is 15.0 Å². The number of anilines is 1. The van der Waals surface area contributed by atoms with E-state index in [-0.39, 0.29) is 10.6 Å². The minimum absolute atomic E-state index is 0.143. The topological polar surface area (TPSA) is 70.9 Å². The molecule has 0 bridgehead atoms. The molecule has 2 aliphatic rings. The summed E-state index contributed by atoms with van der Waals surface area (Å²) < 4.78 is 5.33. The molecule has 2 saturated heterocycles. The van der Waals surface area contributed by atoms with Gasteiger partial charge in [0.2, 0.25) is 0 Å². The van der Waals surface area contributed by atoms with Crippen LogP contribution in [0.3, 0.4) is 0 Å². The van der Waals surface area contributed by atoms with Crippen molar-refractivity contribution in [2.45, 2.75) is 37.8 Å². The Morgan fingerprint density at radius 2 is 1.68 bits per heavy atom. The largest absolute Gasteiger partial charge is 0.497 e. The molecule has 7 nitrogen and oxygen atoms in total. The molecule has 31 heavy (non-hydrogen) atoms. The number of methoxy groups -OCH3 is 1. The Morgan fingerprint density at radius 1 is 1.03 bits per heavy atom. The molecule has 0 amide bonds. The lowest BCUT2D eigenvalue weighted by Gasteiger charge is -2.36. The highest BCUT2D eigenvalue weighted by Crippen LogP contribution is 2.26. The molecular weight excluding hydrogens is 392 g/mol. The number of piperidine rings is 1. The number of hydrogen-bond acceptors (Lipinski definition) is 6. The number of nitrogens with one attached hydrogen (secondary N) is 1. The summed E-state index contributed by atoms with van der Waals surface area (Å²) in [6, 6.07) is 16.1. The van der Waals surface area contributed by atoms with E-state index in [1.807, 2.05) is 24.3 Å². The molecule has 2 aromatic rings. The Labute approximate surface area is 184 Å². The molecule has 0 aliphatic carbocycles. The number of hydrogen-bond donors (Lipinski definition) is 1. The average molecular weight is 425 g/mol. The molecule has 1 unspecified atom stereocenters. The fraction of sp³-hybridized carbons (Fsp3) is 0.500. The number of nitro groups is 1. The van der Waals surface area contributed by atoms with Crippen LogP contribution in [0.15, 0.2) is 48.5 Å². The summed E-state index contributed by atoms with van der Waals surface area (Å²) in [6.07, 6.45) is 4.71. The van der Waals surface area contributed by atoms with Crippen molar-refractivity contribution in [1.82, 2.24) is 10.2 Å². The first kappa shape index (κ1) is 21.6. The summed E-state index contributed by atoms with van der Waals surface area (Å²) in [5, 5.41) is 14.8. The van der Waals surface area contributed by atoms with E-state index < -0.39 is 0 Å². The first-order valence-corrected chi connectivity index (χ1v) is 11.2. The monoisotopic (exact) mass is 424 g/mol. The maximum atomic E-state index is 10.9. The molecule has 0 saturated carbocycles. The summed E-state index contributed by atoms with van der Waals surface area (Å²) in [5.41, 5.74) is 2.52. The molecule has 2 fully saturated rings. The highest BCUT2D eigenvalue weighted by Gasteiger charge is 2.25. The molecule has 0 radical (unpaired) electrons. The van der Waals surface area contributed by atoms with Crippen molar-refractivity contribution in [2.24, 2.45) is 0 Å². The molecule has 4 rings (SSSR count). The van der Waals surface area contributed by atoms with E-state index >= 15 is 0 Å². The smallest absolute Gasteiger partial charge is 0.269 e. The zero-order chi connectivity index (χ0) is 21.6. The number of rotatable bonds is 8. The highest BCUT2D eigenvalue weighted by molar-refractivity contribution is 5.51. The van der Waals surface area contributed by atoms with Gasteiger partial charge in [-0.1, -0.05) is 12.1 Å². The van der Waals surface area contributed by atoms with Crippen LogP contribution in [0.4, 0.5) is 11.4 Å². The highest BCUT2D eigenvalue weighted by atomic mass is 16.6. The van der Waals surface area contributed by atoms with Crippen LogP contribution in [0.25, 0.3) is 0 Å². The second-order valence-corrected chi connectivity index (χ2v) is 8.53. The van der Waals surface area contributed by atoms with E-state index in [4.69, 9.17) is 4.74 Å². The normalized spacial score (nSPS) is 18.8. The Hall–Kier alpha value is -2.64. The molecule has 2 aromatic carbocycles. The minimum Gasteiger partial charge on any atom is -0.497 e. The molecular formula is C24H32N4O3. The lowest BCUT2D eigenvalue weighted by Crippen LogP contribution is -2.46. The fourth-order valence-electron chi connectivity index (χ4n) is 4.69. The van der Waals surface area contributed by atoms with E-state index in [0.29, 0.717) is 12.1 Å². The number of nitro benzene ring substituents is 1. The summed E-state index contributed by atoms with van der Waals surface area (Å²) in [6.45, 7) is 5.32. The second-order valence-electron chi connectivity index (χ2n) is 8.53. The molecule has 166 valence electrons. The average Bonchev–Trinajstić information content (AvgIpc) is 3.32. The van der Waals surface area contributed by atoms with Gasteiger partial charge < -0.3 is 19.9 Å². The number of non-ortho nitro benzene ring substituents is 1. The van der Waals surface area contributed by atoms with Crippen molar-refractivity contribution in [1.29, 1.82) is 0 Å². The van der Waals surface area contributed by atoms with Gasteiger partial charge in [0.15, 0.2) is 0 Å². The SMILES string of the molecule is COc1ccc(C(CN2CCCC2)NC2CCN(c3ccc([N+](=O)[O-])cc3)CC2)cc1. The van der Waals surface area contributed by atoms with Gasteiger partial charge in [-0.15, -0.1) is 0 Å². The van der Waals surface area contributed by atoms with E-state index in [1.54, 1.807) is 19.2 Å². The molecule has 1 atom stereocenters. The van der Waals surface area contributed by atoms with Crippen molar-refractivity contribution in [2.75, 3.05) is 44.7 Å². The van der Waals surface area contributed by atoms with Crippen LogP contribution in [0.1, 0.15) is 37.3 Å². The van der Waals surface area contributed by atoms with E-state index in [2.05, 4.69) is 27.2 Å². The molecule has 0 spiro atoms. The van der Waals surface area contributed by atoms with Gasteiger partial charge >= 0.3 is 0 Å². The van der Waals surface area contributed by atoms with Gasteiger partial charge in [0, 0.05) is 49.5 Å². The number of benzene rings is 2. The molecule has 0 aromatic heterocycles. The third-order valence-corrected chi connectivity index (χ3v) is 6.52. The second kappa shape index (κ2) is 10.1. The Morgan fingerprint density at radius 3 is 2.26 bits per heavy atom. The predicted molar refractivity (Wildman–Crippen MR) is 123 cm³/mol. The van der Waals surface area contributed by atoms with Gasteiger partial charge in [-0.3, -0.25) is 10.1 Å². The van der Waals surface area contributed by atoms with Crippen molar-refractivity contribution in [3.63, 3.8) is 0 Å². The Balaban J connectivity index is 1.37. The van der Waals surface area contributed by atoms with Crippen LogP contribution in [-0.2, 0) is 0 Å². The van der Waals surface area contributed by atoms with Crippen molar-refractivity contribution < 1.29 is 9.66 Å². The third-order valence-electron chi connectivity index (χ3n) is 6.52. The standard InChI is InChI=1S/C24H32N4O3/c1-31-23-10-4-19(5-11-23)24(18-26-14-2-3-15-26)25-20-12-16-27(17-13-20)21-6-8-22(9-7-21)28(29)30/h4-11,20,24-25H,2-3,12-18H2,1H3. The maximum absolute atomic E-state index is 10.9. The van der Waals surface area contributed by atoms with Crippen LogP contribution in [0.5, 0.6) is 5.75 Å². The number of likely N-dealkylation sites (tertiary alicyclic amines) is 1. The third kappa shape index (κ3) is 5.54. The van der Waals surface area contributed by atoms with Crippen LogP contribution >= 0.6 is 0 Å². The van der Waals surface area contributed by atoms with E-state index in [9.17, 15) is 10.1 Å². The molecule has 2 heterocycles. The van der Waals surface area contributed by atoms with Crippen molar-refractivity contribution in [3.8, 4) is 5.75 Å². The van der Waals surface area contributed by atoms with Crippen molar-refractivity contribution in [3.05, 3.63) is 64.2 Å². The van der Waals surface area contributed by atoms with E-state index in [1.165, 1.54) is 31.5 Å². The summed E-state index contributed by atoms with van der Waals surface area (Å²) >= 11 is 0. The lowest BCUT2D eigenvalue weighted by molar-refractivity contribution is -0.384. The fourth-order valence-corrected chi connectivity index (χ4v) is 4.69. The van der Waals surface area contributed by atoms with Gasteiger partial charge in [0.05, 0.1) is 12.0 Å². The summed E-state index contributed by atoms with van der Waals surface area (Å²) in [4.78, 5) is 15.4. The lowest BCUT2D eigenvalue weighted by atomic mass is 9.99. The van der Waals surface area contributed by atoms with Gasteiger partial charge in [-0.05, 0) is 68.6 Å². The zero-order valence-electron chi connectivity index (χ0n) is 18.2. The maximum Gasteiger partial charge on any atom is 0.269 e. The Bertz CT molecular complexity index is 842. The first-order chi connectivity index (χ1) is 15.1. The van der Waals surface area contributed by atoms with Crippen molar-refractivity contribution >= 4 is 11.4 Å². The van der Waals surface area contributed by atoms with Gasteiger partial charge in [0.1, 0.15) is 5.75 Å². The molecule has 1 N–H and O–H groups in total. The van der Waals surface area contributed by atoms with Crippen LogP contribution in [-0.4, -0.2) is 55.7 Å². The predicted octanol–water partition coefficient (Wildman–Crippen LogP) is 4.00. The van der Waals surface area contributed by atoms with Crippen LogP contribution in [0.2, 0.25) is 0 Å². The first-order valence-electron chi connectivity index (χ1n) is 11.2. The van der Waals surface area contributed by atoms with Crippen LogP contribution in [0, 0.1) is 10.1 Å². The summed E-state index contributed by atoms with van der Waals surface area (Å²) in [7, 11) is 1.70. The minimum atomic E-state index is -0.348. The Kier molecular flexibility index (Phi) is 7.04. The number of ether oxygens (including phenoxy) is 1. The van der Waals surface area contributed by atoms with Gasteiger partial charge in [-0.2, -0.15) is 0 Å².